The van der Waals surface area contributed by atoms with E-state index in [9.17, 15) is 10.1 Å². The first-order valence-electron chi connectivity index (χ1n) is 4.95. The van der Waals surface area contributed by atoms with E-state index in [1.807, 2.05) is 0 Å². The Morgan fingerprint density at radius 3 is 2.72 bits per heavy atom. The number of hydrogen-bond acceptors (Lipinski definition) is 5. The summed E-state index contributed by atoms with van der Waals surface area (Å²) in [6.45, 7) is 1.61. The molecule has 0 saturated heterocycles. The van der Waals surface area contributed by atoms with E-state index in [2.05, 4.69) is 9.97 Å². The monoisotopic (exact) mass is 265 g/mol. The third kappa shape index (κ3) is 2.72. The van der Waals surface area contributed by atoms with Gasteiger partial charge in [0.2, 0.25) is 5.88 Å². The summed E-state index contributed by atoms with van der Waals surface area (Å²) in [6.07, 6.45) is 4.11. The Labute approximate surface area is 107 Å². The molecule has 0 aliphatic heterocycles. The van der Waals surface area contributed by atoms with Crippen LogP contribution in [0.4, 0.5) is 5.69 Å². The summed E-state index contributed by atoms with van der Waals surface area (Å²) in [6, 6.07) is 3.06. The Hall–Kier alpha value is -2.21. The largest absolute Gasteiger partial charge is 0.437 e. The second-order valence-corrected chi connectivity index (χ2v) is 3.94. The first-order valence-corrected chi connectivity index (χ1v) is 5.33. The van der Waals surface area contributed by atoms with Crippen LogP contribution in [0.3, 0.4) is 0 Å². The fourth-order valence-electron chi connectivity index (χ4n) is 1.34. The zero-order valence-electron chi connectivity index (χ0n) is 9.33. The zero-order valence-corrected chi connectivity index (χ0v) is 10.1. The van der Waals surface area contributed by atoms with Crippen molar-refractivity contribution in [1.29, 1.82) is 0 Å². The van der Waals surface area contributed by atoms with Crippen molar-refractivity contribution in [3.8, 4) is 11.6 Å². The van der Waals surface area contributed by atoms with E-state index in [4.69, 9.17) is 16.3 Å². The lowest BCUT2D eigenvalue weighted by atomic mass is 10.2. The molecule has 0 aromatic carbocycles. The number of nitro groups is 1. The Morgan fingerprint density at radius 2 is 2.11 bits per heavy atom. The highest BCUT2D eigenvalue weighted by molar-refractivity contribution is 6.30. The van der Waals surface area contributed by atoms with Crippen LogP contribution in [0.1, 0.15) is 5.56 Å². The summed E-state index contributed by atoms with van der Waals surface area (Å²) >= 11 is 5.76. The van der Waals surface area contributed by atoms with Crippen molar-refractivity contribution in [2.45, 2.75) is 6.92 Å². The van der Waals surface area contributed by atoms with Crippen molar-refractivity contribution < 1.29 is 9.66 Å². The van der Waals surface area contributed by atoms with Crippen molar-refractivity contribution in [2.75, 3.05) is 0 Å². The third-order valence-corrected chi connectivity index (χ3v) is 2.36. The van der Waals surface area contributed by atoms with Gasteiger partial charge in [0.25, 0.3) is 5.69 Å². The number of aromatic nitrogens is 2. The van der Waals surface area contributed by atoms with Crippen LogP contribution < -0.4 is 4.74 Å². The standard InChI is InChI=1S/C11H8ClN3O3/c1-7-2-11(14-6-10(7)15(16)17)18-9-3-8(12)4-13-5-9/h2-6H,1H3. The van der Waals surface area contributed by atoms with Crippen LogP contribution in [0.5, 0.6) is 11.6 Å². The van der Waals surface area contributed by atoms with E-state index in [0.29, 0.717) is 16.3 Å². The number of hydrogen-bond donors (Lipinski definition) is 0. The molecule has 2 aromatic heterocycles. The average Bonchev–Trinajstić information content (AvgIpc) is 2.28. The van der Waals surface area contributed by atoms with Gasteiger partial charge in [-0.15, -0.1) is 0 Å². The molecule has 18 heavy (non-hydrogen) atoms. The predicted molar refractivity (Wildman–Crippen MR) is 64.9 cm³/mol. The molecule has 0 aliphatic rings. The Bertz CT molecular complexity index is 604. The first kappa shape index (κ1) is 12.3. The van der Waals surface area contributed by atoms with Crippen LogP contribution >= 0.6 is 11.6 Å². The number of halogens is 1. The van der Waals surface area contributed by atoms with Gasteiger partial charge in [0.1, 0.15) is 11.9 Å². The average molecular weight is 266 g/mol. The Balaban J connectivity index is 2.25. The molecule has 2 heterocycles. The molecule has 0 amide bonds. The minimum Gasteiger partial charge on any atom is -0.437 e. The van der Waals surface area contributed by atoms with Gasteiger partial charge in [0, 0.05) is 23.9 Å². The molecule has 0 spiro atoms. The van der Waals surface area contributed by atoms with Crippen LogP contribution in [-0.2, 0) is 0 Å². The van der Waals surface area contributed by atoms with Gasteiger partial charge < -0.3 is 4.74 Å². The van der Waals surface area contributed by atoms with Gasteiger partial charge in [0.05, 0.1) is 16.1 Å². The minimum absolute atomic E-state index is 0.0495. The number of ether oxygens (including phenoxy) is 1. The molecule has 0 N–H and O–H groups in total. The quantitative estimate of drug-likeness (QED) is 0.629. The minimum atomic E-state index is -0.493. The van der Waals surface area contributed by atoms with E-state index in [0.717, 1.165) is 6.20 Å². The molecular weight excluding hydrogens is 258 g/mol. The van der Waals surface area contributed by atoms with Gasteiger partial charge in [-0.25, -0.2) is 4.98 Å². The first-order chi connectivity index (χ1) is 8.56. The highest BCUT2D eigenvalue weighted by Gasteiger charge is 2.12. The van der Waals surface area contributed by atoms with E-state index in [-0.39, 0.29) is 11.6 Å². The van der Waals surface area contributed by atoms with Crippen LogP contribution in [0.25, 0.3) is 0 Å². The second-order valence-electron chi connectivity index (χ2n) is 3.51. The topological polar surface area (TPSA) is 78.2 Å². The molecule has 2 rings (SSSR count). The summed E-state index contributed by atoms with van der Waals surface area (Å²) in [5.41, 5.74) is 0.423. The van der Waals surface area contributed by atoms with Crippen LogP contribution in [0.15, 0.2) is 30.7 Å². The third-order valence-electron chi connectivity index (χ3n) is 2.16. The van der Waals surface area contributed by atoms with Crippen molar-refractivity contribution in [3.63, 3.8) is 0 Å². The molecule has 0 bridgehead atoms. The Morgan fingerprint density at radius 1 is 1.33 bits per heavy atom. The van der Waals surface area contributed by atoms with Crippen LogP contribution in [-0.4, -0.2) is 14.9 Å². The van der Waals surface area contributed by atoms with Gasteiger partial charge in [-0.1, -0.05) is 11.6 Å². The lowest BCUT2D eigenvalue weighted by Gasteiger charge is -2.05. The van der Waals surface area contributed by atoms with Gasteiger partial charge >= 0.3 is 0 Å². The summed E-state index contributed by atoms with van der Waals surface area (Å²) in [4.78, 5) is 17.8. The van der Waals surface area contributed by atoms with Gasteiger partial charge in [-0.2, -0.15) is 0 Å². The zero-order chi connectivity index (χ0) is 13.1. The molecule has 2 aromatic rings. The van der Waals surface area contributed by atoms with Gasteiger partial charge in [0.15, 0.2) is 0 Å². The molecule has 0 aliphatic carbocycles. The second kappa shape index (κ2) is 4.97. The predicted octanol–water partition coefficient (Wildman–Crippen LogP) is 3.14. The fraction of sp³-hybridized carbons (Fsp3) is 0.0909. The van der Waals surface area contributed by atoms with E-state index >= 15 is 0 Å². The number of pyridine rings is 2. The molecule has 7 heteroatoms. The molecule has 92 valence electrons. The highest BCUT2D eigenvalue weighted by Crippen LogP contribution is 2.25. The molecule has 6 nitrogen and oxygen atoms in total. The maximum absolute atomic E-state index is 10.6. The highest BCUT2D eigenvalue weighted by atomic mass is 35.5. The van der Waals surface area contributed by atoms with Crippen molar-refractivity contribution in [1.82, 2.24) is 9.97 Å². The molecule has 0 fully saturated rings. The molecular formula is C11H8ClN3O3. The Kier molecular flexibility index (Phi) is 3.38. The van der Waals surface area contributed by atoms with Crippen LogP contribution in [0.2, 0.25) is 5.02 Å². The normalized spacial score (nSPS) is 10.1. The maximum Gasteiger partial charge on any atom is 0.290 e. The fourth-order valence-corrected chi connectivity index (χ4v) is 1.50. The summed E-state index contributed by atoms with van der Waals surface area (Å²) in [7, 11) is 0. The number of nitrogens with zero attached hydrogens (tertiary/aromatic N) is 3. The van der Waals surface area contributed by atoms with Gasteiger partial charge in [-0.05, 0) is 6.92 Å². The number of rotatable bonds is 3. The maximum atomic E-state index is 10.6. The summed E-state index contributed by atoms with van der Waals surface area (Å²) < 4.78 is 5.39. The van der Waals surface area contributed by atoms with Gasteiger partial charge in [-0.3, -0.25) is 15.1 Å². The molecule has 0 atom stereocenters. The van der Waals surface area contributed by atoms with Crippen molar-refractivity contribution >= 4 is 17.3 Å². The SMILES string of the molecule is Cc1cc(Oc2cncc(Cl)c2)ncc1[N+](=O)[O-]. The molecule has 0 saturated carbocycles. The molecule has 0 radical (unpaired) electrons. The van der Waals surface area contributed by atoms with Crippen LogP contribution in [0, 0.1) is 17.0 Å². The summed E-state index contributed by atoms with van der Waals surface area (Å²) in [5.74, 6) is 0.672. The van der Waals surface area contributed by atoms with E-state index in [1.165, 1.54) is 18.5 Å². The van der Waals surface area contributed by atoms with E-state index < -0.39 is 4.92 Å². The van der Waals surface area contributed by atoms with Crippen molar-refractivity contribution in [2.24, 2.45) is 0 Å². The summed E-state index contributed by atoms with van der Waals surface area (Å²) in [5, 5.41) is 11.1. The number of aryl methyl sites for hydroxylation is 1. The van der Waals surface area contributed by atoms with E-state index in [1.54, 1.807) is 13.0 Å². The lowest BCUT2D eigenvalue weighted by molar-refractivity contribution is -0.385. The smallest absolute Gasteiger partial charge is 0.290 e. The molecule has 0 unspecified atom stereocenters. The van der Waals surface area contributed by atoms with Crippen molar-refractivity contribution in [3.05, 3.63) is 51.4 Å². The lowest BCUT2D eigenvalue weighted by Crippen LogP contribution is -1.95.